The number of carbonyl (C=O) groups is 1. The fraction of sp³-hybridized carbons (Fsp3) is 0.438. The van der Waals surface area contributed by atoms with Gasteiger partial charge < -0.3 is 4.90 Å². The Bertz CT molecular complexity index is 558. The Hall–Kier alpha value is -0.610. The third-order valence-corrected chi connectivity index (χ3v) is 4.77. The molecule has 1 aliphatic heterocycles. The molecule has 0 aliphatic carbocycles. The molecule has 2 rings (SSSR count). The second kappa shape index (κ2) is 6.02. The predicted molar refractivity (Wildman–Crippen MR) is 89.9 cm³/mol. The molecule has 0 unspecified atom stereocenters. The Morgan fingerprint density at radius 3 is 2.45 bits per heavy atom. The van der Waals surface area contributed by atoms with Crippen molar-refractivity contribution in [1.82, 2.24) is 4.90 Å². The van der Waals surface area contributed by atoms with Crippen LogP contribution in [-0.2, 0) is 0 Å². The van der Waals surface area contributed by atoms with Gasteiger partial charge in [-0.2, -0.15) is 0 Å². The summed E-state index contributed by atoms with van der Waals surface area (Å²) in [5.74, 6) is 0.0913. The second-order valence-electron chi connectivity index (χ2n) is 6.10. The van der Waals surface area contributed by atoms with Gasteiger partial charge in [0.1, 0.15) is 0 Å². The molecular formula is C16H19Br2NO. The summed E-state index contributed by atoms with van der Waals surface area (Å²) in [5, 5.41) is 0. The van der Waals surface area contributed by atoms with Gasteiger partial charge in [0.15, 0.2) is 0 Å². The Morgan fingerprint density at radius 1 is 1.25 bits per heavy atom. The van der Waals surface area contributed by atoms with Crippen LogP contribution in [0.25, 0.3) is 0 Å². The molecule has 108 valence electrons. The molecule has 0 bridgehead atoms. The molecule has 0 spiro atoms. The molecule has 0 radical (unpaired) electrons. The number of amides is 1. The lowest BCUT2D eigenvalue weighted by molar-refractivity contribution is 0.0764. The van der Waals surface area contributed by atoms with Gasteiger partial charge in [0, 0.05) is 22.0 Å². The van der Waals surface area contributed by atoms with Crippen LogP contribution in [0.1, 0.15) is 37.6 Å². The van der Waals surface area contributed by atoms with Gasteiger partial charge in [0.25, 0.3) is 5.91 Å². The summed E-state index contributed by atoms with van der Waals surface area (Å²) in [5.41, 5.74) is 2.37. The normalized spacial score (nSPS) is 16.1. The number of nitrogens with zero attached hydrogens (tertiary/aromatic N) is 1. The molecule has 1 amide bonds. The SMILES string of the molecule is CC(C)(C)C1=CCN(C(=O)c2ccc(Br)cc2Br)CC1. The van der Waals surface area contributed by atoms with E-state index in [2.05, 4.69) is 58.7 Å². The van der Waals surface area contributed by atoms with E-state index in [-0.39, 0.29) is 11.3 Å². The standard InChI is InChI=1S/C16H19Br2NO/c1-16(2,3)11-6-8-19(9-7-11)15(20)13-5-4-12(17)10-14(13)18/h4-6,10H,7-9H2,1-3H3. The lowest BCUT2D eigenvalue weighted by atomic mass is 9.83. The van der Waals surface area contributed by atoms with Gasteiger partial charge in [-0.3, -0.25) is 4.79 Å². The van der Waals surface area contributed by atoms with E-state index in [1.54, 1.807) is 0 Å². The summed E-state index contributed by atoms with van der Waals surface area (Å²) in [7, 11) is 0. The highest BCUT2D eigenvalue weighted by molar-refractivity contribution is 9.11. The Labute approximate surface area is 137 Å². The summed E-state index contributed by atoms with van der Waals surface area (Å²) >= 11 is 6.87. The van der Waals surface area contributed by atoms with Gasteiger partial charge in [-0.1, -0.05) is 48.4 Å². The van der Waals surface area contributed by atoms with E-state index in [0.29, 0.717) is 6.54 Å². The van der Waals surface area contributed by atoms with E-state index in [1.807, 2.05) is 23.1 Å². The minimum absolute atomic E-state index is 0.0913. The van der Waals surface area contributed by atoms with Crippen molar-refractivity contribution >= 4 is 37.8 Å². The summed E-state index contributed by atoms with van der Waals surface area (Å²) in [6, 6.07) is 5.67. The lowest BCUT2D eigenvalue weighted by Crippen LogP contribution is -2.36. The van der Waals surface area contributed by atoms with E-state index in [0.717, 1.165) is 27.5 Å². The van der Waals surface area contributed by atoms with Crippen LogP contribution in [0.3, 0.4) is 0 Å². The molecule has 4 heteroatoms. The van der Waals surface area contributed by atoms with Crippen molar-refractivity contribution in [2.45, 2.75) is 27.2 Å². The summed E-state index contributed by atoms with van der Waals surface area (Å²) in [6.45, 7) is 8.17. The monoisotopic (exact) mass is 399 g/mol. The molecule has 0 aromatic heterocycles. The van der Waals surface area contributed by atoms with Gasteiger partial charge in [-0.15, -0.1) is 0 Å². The van der Waals surface area contributed by atoms with E-state index >= 15 is 0 Å². The Morgan fingerprint density at radius 2 is 1.95 bits per heavy atom. The van der Waals surface area contributed by atoms with Crippen LogP contribution in [0.15, 0.2) is 38.8 Å². The first kappa shape index (κ1) is 15.8. The first-order valence-corrected chi connectivity index (χ1v) is 8.31. The third kappa shape index (κ3) is 3.53. The van der Waals surface area contributed by atoms with Crippen molar-refractivity contribution in [2.24, 2.45) is 5.41 Å². The molecule has 1 aromatic carbocycles. The predicted octanol–water partition coefficient (Wildman–Crippen LogP) is 5.03. The molecule has 0 N–H and O–H groups in total. The number of hydrogen-bond donors (Lipinski definition) is 0. The number of hydrogen-bond acceptors (Lipinski definition) is 1. The van der Waals surface area contributed by atoms with Crippen LogP contribution in [-0.4, -0.2) is 23.9 Å². The zero-order valence-corrected chi connectivity index (χ0v) is 15.2. The van der Waals surface area contributed by atoms with Crippen molar-refractivity contribution in [3.8, 4) is 0 Å². The smallest absolute Gasteiger partial charge is 0.255 e. The fourth-order valence-electron chi connectivity index (χ4n) is 2.37. The van der Waals surface area contributed by atoms with Crippen LogP contribution in [0.2, 0.25) is 0 Å². The van der Waals surface area contributed by atoms with Crippen molar-refractivity contribution in [1.29, 1.82) is 0 Å². The first-order valence-electron chi connectivity index (χ1n) is 6.73. The number of benzene rings is 1. The topological polar surface area (TPSA) is 20.3 Å². The molecule has 2 nitrogen and oxygen atoms in total. The van der Waals surface area contributed by atoms with Crippen LogP contribution < -0.4 is 0 Å². The average Bonchev–Trinajstić information content (AvgIpc) is 2.37. The van der Waals surface area contributed by atoms with Gasteiger partial charge in [0.2, 0.25) is 0 Å². The number of rotatable bonds is 1. The average molecular weight is 401 g/mol. The number of halogens is 2. The van der Waals surface area contributed by atoms with Gasteiger partial charge in [-0.05, 0) is 46.0 Å². The second-order valence-corrected chi connectivity index (χ2v) is 7.87. The van der Waals surface area contributed by atoms with Crippen molar-refractivity contribution in [3.05, 3.63) is 44.4 Å². The van der Waals surface area contributed by atoms with E-state index in [9.17, 15) is 4.79 Å². The quantitative estimate of drug-likeness (QED) is 0.605. The Balaban J connectivity index is 2.14. The van der Waals surface area contributed by atoms with Crippen LogP contribution >= 0.6 is 31.9 Å². The van der Waals surface area contributed by atoms with Crippen LogP contribution in [0.5, 0.6) is 0 Å². The minimum atomic E-state index is 0.0913. The van der Waals surface area contributed by atoms with Crippen LogP contribution in [0, 0.1) is 5.41 Å². The highest BCUT2D eigenvalue weighted by Crippen LogP contribution is 2.31. The van der Waals surface area contributed by atoms with Gasteiger partial charge >= 0.3 is 0 Å². The Kier molecular flexibility index (Phi) is 4.75. The molecule has 1 aliphatic rings. The fourth-order valence-corrected chi connectivity index (χ4v) is 3.58. The zero-order chi connectivity index (χ0) is 14.9. The van der Waals surface area contributed by atoms with E-state index < -0.39 is 0 Å². The molecule has 1 aromatic rings. The molecule has 0 atom stereocenters. The molecular weight excluding hydrogens is 382 g/mol. The van der Waals surface area contributed by atoms with E-state index in [1.165, 1.54) is 5.57 Å². The molecule has 1 heterocycles. The lowest BCUT2D eigenvalue weighted by Gasteiger charge is -2.32. The maximum absolute atomic E-state index is 12.5. The van der Waals surface area contributed by atoms with Crippen molar-refractivity contribution < 1.29 is 4.79 Å². The largest absolute Gasteiger partial charge is 0.335 e. The summed E-state index contributed by atoms with van der Waals surface area (Å²) < 4.78 is 1.80. The van der Waals surface area contributed by atoms with E-state index in [4.69, 9.17) is 0 Å². The number of carbonyl (C=O) groups excluding carboxylic acids is 1. The molecule has 20 heavy (non-hydrogen) atoms. The zero-order valence-electron chi connectivity index (χ0n) is 12.0. The van der Waals surface area contributed by atoms with Gasteiger partial charge in [-0.25, -0.2) is 0 Å². The maximum atomic E-state index is 12.5. The summed E-state index contributed by atoms with van der Waals surface area (Å²) in [6.07, 6.45) is 3.16. The van der Waals surface area contributed by atoms with Crippen LogP contribution in [0.4, 0.5) is 0 Å². The minimum Gasteiger partial charge on any atom is -0.335 e. The highest BCUT2D eigenvalue weighted by atomic mass is 79.9. The van der Waals surface area contributed by atoms with Gasteiger partial charge in [0.05, 0.1) is 5.56 Å². The first-order chi connectivity index (χ1) is 9.29. The summed E-state index contributed by atoms with van der Waals surface area (Å²) in [4.78, 5) is 14.4. The maximum Gasteiger partial charge on any atom is 0.255 e. The highest BCUT2D eigenvalue weighted by Gasteiger charge is 2.25. The molecule has 0 fully saturated rings. The third-order valence-electron chi connectivity index (χ3n) is 3.62. The van der Waals surface area contributed by atoms with Crippen molar-refractivity contribution in [2.75, 3.05) is 13.1 Å². The molecule has 0 saturated carbocycles. The van der Waals surface area contributed by atoms with Crippen molar-refractivity contribution in [3.63, 3.8) is 0 Å². The molecule has 0 saturated heterocycles.